The molecular formula is C14H27NO-2. The van der Waals surface area contributed by atoms with E-state index in [0.29, 0.717) is 6.42 Å². The van der Waals surface area contributed by atoms with Crippen LogP contribution in [0.2, 0.25) is 0 Å². The Labute approximate surface area is 101 Å². The summed E-state index contributed by atoms with van der Waals surface area (Å²) in [6.07, 6.45) is 10.7. The van der Waals surface area contributed by atoms with Gasteiger partial charge in [0.1, 0.15) is 0 Å². The third-order valence-corrected chi connectivity index (χ3v) is 2.65. The van der Waals surface area contributed by atoms with Gasteiger partial charge in [0.25, 0.3) is 0 Å². The van der Waals surface area contributed by atoms with Crippen LogP contribution in [-0.2, 0) is 4.79 Å². The first-order valence-corrected chi connectivity index (χ1v) is 6.66. The van der Waals surface area contributed by atoms with E-state index in [1.165, 1.54) is 19.3 Å². The predicted octanol–water partition coefficient (Wildman–Crippen LogP) is 3.67. The van der Waals surface area contributed by atoms with Crippen LogP contribution in [0.3, 0.4) is 0 Å². The summed E-state index contributed by atoms with van der Waals surface area (Å²) in [5.41, 5.74) is 0. The molecule has 2 heteroatoms. The summed E-state index contributed by atoms with van der Waals surface area (Å²) in [7, 11) is 0. The van der Waals surface area contributed by atoms with E-state index in [9.17, 15) is 4.79 Å². The first-order valence-electron chi connectivity index (χ1n) is 6.66. The van der Waals surface area contributed by atoms with E-state index < -0.39 is 0 Å². The summed E-state index contributed by atoms with van der Waals surface area (Å²) in [4.78, 5) is 11.4. The number of nitrogens with one attached hydrogen (secondary N) is 1. The summed E-state index contributed by atoms with van der Waals surface area (Å²) in [6.45, 7) is 8.43. The molecule has 0 rings (SSSR count). The molecule has 0 bridgehead atoms. The quantitative estimate of drug-likeness (QED) is 0.422. The van der Waals surface area contributed by atoms with Crippen LogP contribution in [-0.4, -0.2) is 12.5 Å². The molecule has 0 heterocycles. The Balaban J connectivity index is 3.11. The Bertz CT molecular complexity index is 157. The van der Waals surface area contributed by atoms with E-state index in [-0.39, 0.29) is 5.91 Å². The van der Waals surface area contributed by atoms with Crippen LogP contribution in [0.25, 0.3) is 0 Å². The van der Waals surface area contributed by atoms with Crippen molar-refractivity contribution in [3.8, 4) is 0 Å². The molecule has 0 spiro atoms. The van der Waals surface area contributed by atoms with Gasteiger partial charge in [0.2, 0.25) is 5.91 Å². The number of amides is 1. The van der Waals surface area contributed by atoms with Crippen LogP contribution in [0.15, 0.2) is 0 Å². The molecule has 96 valence electrons. The van der Waals surface area contributed by atoms with Gasteiger partial charge in [-0.05, 0) is 12.8 Å². The van der Waals surface area contributed by atoms with Crippen molar-refractivity contribution in [3.63, 3.8) is 0 Å². The maximum Gasteiger partial charge on any atom is 0.219 e. The zero-order chi connectivity index (χ0) is 12.1. The van der Waals surface area contributed by atoms with Gasteiger partial charge in [-0.1, -0.05) is 32.1 Å². The topological polar surface area (TPSA) is 29.1 Å². The largest absolute Gasteiger partial charge is 0.356 e. The van der Waals surface area contributed by atoms with Crippen LogP contribution in [0.1, 0.15) is 64.2 Å². The van der Waals surface area contributed by atoms with Gasteiger partial charge in [-0.25, -0.2) is 0 Å². The second kappa shape index (κ2) is 12.5. The maximum atomic E-state index is 11.4. The van der Waals surface area contributed by atoms with Crippen molar-refractivity contribution in [1.82, 2.24) is 5.32 Å². The highest BCUT2D eigenvalue weighted by Crippen LogP contribution is 2.03. The Kier molecular flexibility index (Phi) is 12.1. The highest BCUT2D eigenvalue weighted by Gasteiger charge is 1.99. The van der Waals surface area contributed by atoms with Gasteiger partial charge >= 0.3 is 0 Å². The highest BCUT2D eigenvalue weighted by atomic mass is 16.1. The number of hydrogen-bond acceptors (Lipinski definition) is 1. The third-order valence-electron chi connectivity index (χ3n) is 2.65. The van der Waals surface area contributed by atoms with E-state index in [0.717, 1.165) is 45.1 Å². The van der Waals surface area contributed by atoms with Gasteiger partial charge < -0.3 is 19.2 Å². The second-order valence-electron chi connectivity index (χ2n) is 4.28. The van der Waals surface area contributed by atoms with Crippen molar-refractivity contribution >= 4 is 5.91 Å². The molecule has 0 fully saturated rings. The van der Waals surface area contributed by atoms with Crippen molar-refractivity contribution in [2.24, 2.45) is 0 Å². The first-order chi connectivity index (χ1) is 7.81. The lowest BCUT2D eigenvalue weighted by molar-refractivity contribution is -0.121. The molecule has 0 saturated heterocycles. The second-order valence-corrected chi connectivity index (χ2v) is 4.28. The molecule has 0 aliphatic heterocycles. The molecule has 0 aliphatic rings. The summed E-state index contributed by atoms with van der Waals surface area (Å²) in [5, 5.41) is 2.97. The van der Waals surface area contributed by atoms with E-state index in [1.54, 1.807) is 0 Å². The lowest BCUT2D eigenvalue weighted by Gasteiger charge is -2.05. The lowest BCUT2D eigenvalue weighted by atomic mass is 10.1. The zero-order valence-corrected chi connectivity index (χ0v) is 10.6. The first kappa shape index (κ1) is 15.5. The van der Waals surface area contributed by atoms with Gasteiger partial charge in [0.05, 0.1) is 0 Å². The van der Waals surface area contributed by atoms with Crippen LogP contribution in [0, 0.1) is 13.8 Å². The fourth-order valence-corrected chi connectivity index (χ4v) is 1.61. The minimum atomic E-state index is 0.209. The van der Waals surface area contributed by atoms with Gasteiger partial charge in [0.15, 0.2) is 0 Å². The molecule has 0 saturated carbocycles. The fraction of sp³-hybridized carbons (Fsp3) is 0.786. The third kappa shape index (κ3) is 11.5. The van der Waals surface area contributed by atoms with Crippen molar-refractivity contribution in [2.75, 3.05) is 6.54 Å². The average Bonchev–Trinajstić information content (AvgIpc) is 2.29. The molecule has 0 aliphatic carbocycles. The van der Waals surface area contributed by atoms with E-state index in [2.05, 4.69) is 19.2 Å². The van der Waals surface area contributed by atoms with Crippen molar-refractivity contribution in [1.29, 1.82) is 0 Å². The highest BCUT2D eigenvalue weighted by molar-refractivity contribution is 5.75. The van der Waals surface area contributed by atoms with Gasteiger partial charge in [0, 0.05) is 13.0 Å². The van der Waals surface area contributed by atoms with Crippen molar-refractivity contribution in [2.45, 2.75) is 64.2 Å². The number of unbranched alkanes of at least 4 members (excludes halogenated alkanes) is 7. The Hall–Kier alpha value is -0.530. The number of hydrogen-bond donors (Lipinski definition) is 1. The molecule has 1 amide bonds. The molecule has 0 aromatic heterocycles. The fourth-order valence-electron chi connectivity index (χ4n) is 1.61. The molecule has 1 N–H and O–H groups in total. The lowest BCUT2D eigenvalue weighted by Crippen LogP contribution is -2.23. The molecule has 0 aromatic rings. The summed E-state index contributed by atoms with van der Waals surface area (Å²) < 4.78 is 0. The van der Waals surface area contributed by atoms with Crippen LogP contribution in [0.4, 0.5) is 0 Å². The molecule has 0 radical (unpaired) electrons. The minimum Gasteiger partial charge on any atom is -0.356 e. The standard InChI is InChI=1S/C14H27NO/c1-3-5-7-9-11-13-15-14(16)12-10-8-6-4-2/h1-13H2,(H,15,16)/q-2. The summed E-state index contributed by atoms with van der Waals surface area (Å²) in [5.74, 6) is 0.209. The SMILES string of the molecule is [CH2-]CCCCCCNC(=O)CCCCC[CH2-]. The number of carbonyl (C=O) groups is 1. The van der Waals surface area contributed by atoms with Crippen LogP contribution >= 0.6 is 0 Å². The van der Waals surface area contributed by atoms with Gasteiger partial charge in [-0.2, -0.15) is 12.8 Å². The van der Waals surface area contributed by atoms with Crippen molar-refractivity contribution < 1.29 is 4.79 Å². The Morgan fingerprint density at radius 3 is 2.00 bits per heavy atom. The molecule has 0 aromatic carbocycles. The zero-order valence-electron chi connectivity index (χ0n) is 10.6. The monoisotopic (exact) mass is 225 g/mol. The van der Waals surface area contributed by atoms with Gasteiger partial charge in [-0.15, -0.1) is 0 Å². The molecule has 16 heavy (non-hydrogen) atoms. The van der Waals surface area contributed by atoms with Crippen LogP contribution in [0.5, 0.6) is 0 Å². The number of carbonyl (C=O) groups excluding carboxylic acids is 1. The molecule has 2 nitrogen and oxygen atoms in total. The number of rotatable bonds is 11. The normalized spacial score (nSPS) is 10.4. The predicted molar refractivity (Wildman–Crippen MR) is 69.9 cm³/mol. The Morgan fingerprint density at radius 1 is 0.812 bits per heavy atom. The molecule has 0 unspecified atom stereocenters. The van der Waals surface area contributed by atoms with Crippen molar-refractivity contribution in [3.05, 3.63) is 13.8 Å². The summed E-state index contributed by atoms with van der Waals surface area (Å²) >= 11 is 0. The van der Waals surface area contributed by atoms with Gasteiger partial charge in [-0.3, -0.25) is 4.79 Å². The smallest absolute Gasteiger partial charge is 0.219 e. The van der Waals surface area contributed by atoms with E-state index in [1.807, 2.05) is 0 Å². The average molecular weight is 225 g/mol. The Morgan fingerprint density at radius 2 is 1.38 bits per heavy atom. The van der Waals surface area contributed by atoms with E-state index in [4.69, 9.17) is 0 Å². The minimum absolute atomic E-state index is 0.209. The molecule has 0 atom stereocenters. The maximum absolute atomic E-state index is 11.4. The van der Waals surface area contributed by atoms with Crippen LogP contribution < -0.4 is 5.32 Å². The molecular weight excluding hydrogens is 198 g/mol. The summed E-state index contributed by atoms with van der Waals surface area (Å²) in [6, 6.07) is 0. The van der Waals surface area contributed by atoms with E-state index >= 15 is 0 Å².